The molecule has 1 fully saturated rings. The molecule has 2 amide bonds. The lowest BCUT2D eigenvalue weighted by Gasteiger charge is -2.40. The van der Waals surface area contributed by atoms with Gasteiger partial charge in [0.05, 0.1) is 24.0 Å². The maximum absolute atomic E-state index is 13.7. The average Bonchev–Trinajstić information content (AvgIpc) is 3.39. The van der Waals surface area contributed by atoms with E-state index in [4.69, 9.17) is 4.74 Å². The molecule has 0 spiro atoms. The second-order valence-corrected chi connectivity index (χ2v) is 10.6. The van der Waals surface area contributed by atoms with E-state index in [0.717, 1.165) is 28.1 Å². The van der Waals surface area contributed by atoms with Crippen LogP contribution in [-0.4, -0.2) is 43.0 Å². The molecule has 4 aromatic rings. The highest BCUT2D eigenvalue weighted by atomic mass is 16.5. The number of rotatable bonds is 5. The summed E-state index contributed by atoms with van der Waals surface area (Å²) in [6, 6.07) is 30.5. The largest absolute Gasteiger partial charge is 0.461 e. The Morgan fingerprint density at radius 1 is 0.805 bits per heavy atom. The van der Waals surface area contributed by atoms with Gasteiger partial charge in [-0.1, -0.05) is 60.2 Å². The van der Waals surface area contributed by atoms with E-state index in [1.807, 2.05) is 79.7 Å². The molecular weight excluding hydrogens is 514 g/mol. The van der Waals surface area contributed by atoms with Gasteiger partial charge in [-0.05, 0) is 60.5 Å². The van der Waals surface area contributed by atoms with Crippen molar-refractivity contribution >= 4 is 34.8 Å². The molecule has 2 aliphatic rings. The molecule has 1 unspecified atom stereocenters. The molecular formula is C34H31N3O4. The molecule has 0 aliphatic carbocycles. The van der Waals surface area contributed by atoms with Gasteiger partial charge in [0.15, 0.2) is 0 Å². The summed E-state index contributed by atoms with van der Waals surface area (Å²) in [5, 5.41) is 2.98. The Labute approximate surface area is 239 Å². The molecule has 6 rings (SSSR count). The Hall–Kier alpha value is -4.91. The number of hydrogen-bond acceptors (Lipinski definition) is 5. The molecule has 7 heteroatoms. The highest BCUT2D eigenvalue weighted by molar-refractivity contribution is 6.10. The Morgan fingerprint density at radius 2 is 1.49 bits per heavy atom. The lowest BCUT2D eigenvalue weighted by molar-refractivity contribution is -0.145. The first-order valence-electron chi connectivity index (χ1n) is 13.8. The summed E-state index contributed by atoms with van der Waals surface area (Å²) in [6.45, 7) is 4.58. The smallest absolute Gasteiger partial charge is 0.302 e. The molecule has 0 saturated carbocycles. The number of para-hydroxylation sites is 2. The van der Waals surface area contributed by atoms with Gasteiger partial charge in [0.2, 0.25) is 0 Å². The Balaban J connectivity index is 1.19. The minimum atomic E-state index is -0.290. The van der Waals surface area contributed by atoms with E-state index in [1.54, 1.807) is 29.2 Å². The van der Waals surface area contributed by atoms with Gasteiger partial charge < -0.3 is 19.9 Å². The fourth-order valence-corrected chi connectivity index (χ4v) is 5.81. The number of nitrogens with one attached hydrogen (secondary N) is 1. The number of esters is 1. The number of ether oxygens (including phenoxy) is 1. The highest BCUT2D eigenvalue weighted by Gasteiger charge is 2.41. The first kappa shape index (κ1) is 26.3. The van der Waals surface area contributed by atoms with Gasteiger partial charge in [-0.25, -0.2) is 0 Å². The van der Waals surface area contributed by atoms with Gasteiger partial charge in [0.1, 0.15) is 6.10 Å². The van der Waals surface area contributed by atoms with Gasteiger partial charge >= 0.3 is 5.97 Å². The molecule has 0 aromatic heterocycles. The number of carbonyl (C=O) groups is 3. The van der Waals surface area contributed by atoms with E-state index in [-0.39, 0.29) is 29.9 Å². The number of amides is 2. The van der Waals surface area contributed by atoms with Crippen LogP contribution in [0.1, 0.15) is 39.6 Å². The Bertz CT molecular complexity index is 1610. The van der Waals surface area contributed by atoms with Crippen molar-refractivity contribution < 1.29 is 19.1 Å². The monoisotopic (exact) mass is 545 g/mol. The number of hydrogen-bond donors (Lipinski definition) is 1. The first-order chi connectivity index (χ1) is 19.9. The Morgan fingerprint density at radius 3 is 2.22 bits per heavy atom. The van der Waals surface area contributed by atoms with E-state index in [0.29, 0.717) is 36.3 Å². The summed E-state index contributed by atoms with van der Waals surface area (Å²) in [6.07, 6.45) is 0.479. The minimum Gasteiger partial charge on any atom is -0.461 e. The molecule has 0 radical (unpaired) electrons. The third kappa shape index (κ3) is 5.31. The fourth-order valence-electron chi connectivity index (χ4n) is 5.81. The van der Waals surface area contributed by atoms with Gasteiger partial charge in [-0.3, -0.25) is 14.4 Å². The number of fused-ring (bicyclic) bond motifs is 3. The third-order valence-electron chi connectivity index (χ3n) is 7.75. The second kappa shape index (κ2) is 10.9. The molecule has 2 aliphatic heterocycles. The van der Waals surface area contributed by atoms with Gasteiger partial charge in [0.25, 0.3) is 11.8 Å². The standard InChI is InChI=1S/C34H31N3O4/c1-22-11-13-24(14-12-22)29-7-3-4-8-30(29)33(39)35-26-17-15-25(16-18-26)34(40)37-20-27-19-28(41-23(2)38)21-36(27)31-9-5-6-10-32(31)37/h3-18,27-28H,19-21H2,1-2H3,(H,35,39)/t27-,28?/m1/s1. The number of benzene rings is 4. The number of carbonyl (C=O) groups excluding carboxylic acids is 3. The van der Waals surface area contributed by atoms with Crippen molar-refractivity contribution in [3.63, 3.8) is 0 Å². The predicted molar refractivity (Wildman–Crippen MR) is 160 cm³/mol. The summed E-state index contributed by atoms with van der Waals surface area (Å²) < 4.78 is 5.49. The van der Waals surface area contributed by atoms with Crippen molar-refractivity contribution in [1.29, 1.82) is 0 Å². The summed E-state index contributed by atoms with van der Waals surface area (Å²) in [5.74, 6) is -0.619. The van der Waals surface area contributed by atoms with Crippen LogP contribution < -0.4 is 15.1 Å². The van der Waals surface area contributed by atoms with E-state index < -0.39 is 0 Å². The van der Waals surface area contributed by atoms with Crippen molar-refractivity contribution in [2.75, 3.05) is 28.2 Å². The maximum Gasteiger partial charge on any atom is 0.302 e. The van der Waals surface area contributed by atoms with E-state index >= 15 is 0 Å². The van der Waals surface area contributed by atoms with E-state index in [9.17, 15) is 14.4 Å². The SMILES string of the molecule is CC(=O)OC1C[C@@H]2CN(C(=O)c3ccc(NC(=O)c4ccccc4-c4ccc(C)cc4)cc3)c3ccccc3N2C1. The van der Waals surface area contributed by atoms with Crippen LogP contribution in [0.25, 0.3) is 11.1 Å². The van der Waals surface area contributed by atoms with E-state index in [1.165, 1.54) is 6.92 Å². The molecule has 2 heterocycles. The van der Waals surface area contributed by atoms with Crippen LogP contribution in [0.5, 0.6) is 0 Å². The molecule has 7 nitrogen and oxygen atoms in total. The molecule has 1 saturated heterocycles. The first-order valence-corrected chi connectivity index (χ1v) is 13.8. The van der Waals surface area contributed by atoms with Crippen LogP contribution in [0.4, 0.5) is 17.1 Å². The van der Waals surface area contributed by atoms with Crippen molar-refractivity contribution in [3.8, 4) is 11.1 Å². The van der Waals surface area contributed by atoms with Crippen LogP contribution in [0.15, 0.2) is 97.1 Å². The van der Waals surface area contributed by atoms with Crippen LogP contribution in [0, 0.1) is 6.92 Å². The van der Waals surface area contributed by atoms with Crippen LogP contribution in [0.2, 0.25) is 0 Å². The van der Waals surface area contributed by atoms with Crippen molar-refractivity contribution in [2.45, 2.75) is 32.4 Å². The highest BCUT2D eigenvalue weighted by Crippen LogP contribution is 2.40. The topological polar surface area (TPSA) is 79.0 Å². The second-order valence-electron chi connectivity index (χ2n) is 10.6. The van der Waals surface area contributed by atoms with E-state index in [2.05, 4.69) is 10.2 Å². The molecule has 4 aromatic carbocycles. The third-order valence-corrected chi connectivity index (χ3v) is 7.75. The van der Waals surface area contributed by atoms with Crippen LogP contribution in [0.3, 0.4) is 0 Å². The fraction of sp³-hybridized carbons (Fsp3) is 0.206. The van der Waals surface area contributed by atoms with Gasteiger partial charge in [0, 0.05) is 36.7 Å². The zero-order valence-corrected chi connectivity index (χ0v) is 23.0. The average molecular weight is 546 g/mol. The Kier molecular flexibility index (Phi) is 7.01. The number of aryl methyl sites for hydroxylation is 1. The molecule has 1 N–H and O–H groups in total. The zero-order chi connectivity index (χ0) is 28.5. The van der Waals surface area contributed by atoms with Crippen LogP contribution >= 0.6 is 0 Å². The molecule has 2 atom stereocenters. The van der Waals surface area contributed by atoms with Crippen LogP contribution in [-0.2, 0) is 9.53 Å². The van der Waals surface area contributed by atoms with Crippen molar-refractivity contribution in [1.82, 2.24) is 0 Å². The van der Waals surface area contributed by atoms with Crippen molar-refractivity contribution in [2.24, 2.45) is 0 Å². The normalized spacial score (nSPS) is 17.4. The predicted octanol–water partition coefficient (Wildman–Crippen LogP) is 6.09. The minimum absolute atomic E-state index is 0.0605. The molecule has 206 valence electrons. The quantitative estimate of drug-likeness (QED) is 0.307. The maximum atomic E-state index is 13.7. The lowest BCUT2D eigenvalue weighted by Crippen LogP contribution is -2.48. The molecule has 0 bridgehead atoms. The molecule has 41 heavy (non-hydrogen) atoms. The summed E-state index contributed by atoms with van der Waals surface area (Å²) in [5.41, 5.74) is 6.50. The summed E-state index contributed by atoms with van der Waals surface area (Å²) in [7, 11) is 0. The lowest BCUT2D eigenvalue weighted by atomic mass is 9.98. The zero-order valence-electron chi connectivity index (χ0n) is 23.0. The summed E-state index contributed by atoms with van der Waals surface area (Å²) >= 11 is 0. The summed E-state index contributed by atoms with van der Waals surface area (Å²) in [4.78, 5) is 42.6. The van der Waals surface area contributed by atoms with Gasteiger partial charge in [-0.2, -0.15) is 0 Å². The number of nitrogens with zero attached hydrogens (tertiary/aromatic N) is 2. The number of anilines is 3. The van der Waals surface area contributed by atoms with Crippen molar-refractivity contribution in [3.05, 3.63) is 114 Å². The van der Waals surface area contributed by atoms with Gasteiger partial charge in [-0.15, -0.1) is 0 Å².